The lowest BCUT2D eigenvalue weighted by atomic mass is 9.87. The van der Waals surface area contributed by atoms with E-state index in [1.165, 1.54) is 0 Å². The first-order valence-corrected chi connectivity index (χ1v) is 8.97. The van der Waals surface area contributed by atoms with E-state index in [2.05, 4.69) is 15.2 Å². The van der Waals surface area contributed by atoms with Gasteiger partial charge in [0.1, 0.15) is 6.54 Å². The Bertz CT molecular complexity index is 468. The zero-order valence-corrected chi connectivity index (χ0v) is 14.9. The van der Waals surface area contributed by atoms with Crippen molar-refractivity contribution in [2.75, 3.05) is 66.7 Å². The summed E-state index contributed by atoms with van der Waals surface area (Å²) in [7, 11) is 3.53. The summed E-state index contributed by atoms with van der Waals surface area (Å²) in [5, 5.41) is 3.49. The minimum Gasteiger partial charge on any atom is -0.381 e. The van der Waals surface area contributed by atoms with Gasteiger partial charge in [-0.25, -0.2) is 4.99 Å². The Labute approximate surface area is 144 Å². The fraction of sp³-hybridized carbons (Fsp3) is 0.882. The van der Waals surface area contributed by atoms with Crippen LogP contribution in [0.25, 0.3) is 0 Å². The van der Waals surface area contributed by atoms with Crippen molar-refractivity contribution in [3.05, 3.63) is 0 Å². The van der Waals surface area contributed by atoms with Gasteiger partial charge in [-0.1, -0.05) is 0 Å². The number of nitrogens with one attached hydrogen (secondary N) is 1. The van der Waals surface area contributed by atoms with Crippen LogP contribution in [-0.2, 0) is 14.3 Å². The van der Waals surface area contributed by atoms with E-state index in [0.717, 1.165) is 71.3 Å². The predicted molar refractivity (Wildman–Crippen MR) is 92.0 cm³/mol. The summed E-state index contributed by atoms with van der Waals surface area (Å²) in [6.07, 6.45) is 3.36. The van der Waals surface area contributed by atoms with Gasteiger partial charge in [-0.2, -0.15) is 0 Å². The number of nitrogens with zero attached hydrogens (tertiary/aromatic N) is 3. The van der Waals surface area contributed by atoms with E-state index in [1.807, 2.05) is 0 Å². The zero-order chi connectivity index (χ0) is 17.0. The number of ether oxygens (including phenoxy) is 2. The minimum atomic E-state index is 0.0246. The Morgan fingerprint density at radius 3 is 2.88 bits per heavy atom. The SMILES string of the molecule is CN(C)C(=O)CN=C(NCC1CCOC1)N1CCC2(CCOC2)C1. The molecule has 0 aromatic carbocycles. The second-order valence-electron chi connectivity index (χ2n) is 7.51. The van der Waals surface area contributed by atoms with Gasteiger partial charge in [0.25, 0.3) is 0 Å². The molecule has 1 spiro atoms. The lowest BCUT2D eigenvalue weighted by Gasteiger charge is -2.26. The fourth-order valence-corrected chi connectivity index (χ4v) is 3.62. The number of carbonyl (C=O) groups is 1. The summed E-state index contributed by atoms with van der Waals surface area (Å²) in [6.45, 7) is 6.38. The van der Waals surface area contributed by atoms with E-state index in [1.54, 1.807) is 19.0 Å². The average Bonchev–Trinajstić information content (AvgIpc) is 3.31. The van der Waals surface area contributed by atoms with Gasteiger partial charge in [-0.3, -0.25) is 4.79 Å². The monoisotopic (exact) mass is 338 g/mol. The molecule has 136 valence electrons. The average molecular weight is 338 g/mol. The van der Waals surface area contributed by atoms with Crippen LogP contribution in [0.3, 0.4) is 0 Å². The largest absolute Gasteiger partial charge is 0.381 e. The summed E-state index contributed by atoms with van der Waals surface area (Å²) >= 11 is 0. The van der Waals surface area contributed by atoms with Crippen LogP contribution in [0.5, 0.6) is 0 Å². The molecule has 7 heteroatoms. The van der Waals surface area contributed by atoms with Crippen LogP contribution in [0, 0.1) is 11.3 Å². The van der Waals surface area contributed by atoms with Crippen molar-refractivity contribution in [1.29, 1.82) is 0 Å². The number of guanidine groups is 1. The van der Waals surface area contributed by atoms with Crippen molar-refractivity contribution in [2.24, 2.45) is 16.3 Å². The second kappa shape index (κ2) is 7.70. The van der Waals surface area contributed by atoms with Crippen molar-refractivity contribution < 1.29 is 14.3 Å². The quantitative estimate of drug-likeness (QED) is 0.585. The highest BCUT2D eigenvalue weighted by Gasteiger charge is 2.42. The molecule has 0 saturated carbocycles. The van der Waals surface area contributed by atoms with Crippen molar-refractivity contribution in [1.82, 2.24) is 15.1 Å². The van der Waals surface area contributed by atoms with Gasteiger partial charge in [-0.15, -0.1) is 0 Å². The highest BCUT2D eigenvalue weighted by Crippen LogP contribution is 2.38. The second-order valence-corrected chi connectivity index (χ2v) is 7.51. The van der Waals surface area contributed by atoms with E-state index < -0.39 is 0 Å². The van der Waals surface area contributed by atoms with Crippen LogP contribution >= 0.6 is 0 Å². The molecule has 1 N–H and O–H groups in total. The van der Waals surface area contributed by atoms with Crippen LogP contribution in [0.2, 0.25) is 0 Å². The number of rotatable bonds is 4. The van der Waals surface area contributed by atoms with E-state index in [4.69, 9.17) is 9.47 Å². The predicted octanol–water partition coefficient (Wildman–Crippen LogP) is 0.169. The van der Waals surface area contributed by atoms with Crippen molar-refractivity contribution >= 4 is 11.9 Å². The first-order chi connectivity index (χ1) is 11.6. The molecule has 2 atom stereocenters. The molecule has 0 aromatic heterocycles. The molecular formula is C17H30N4O3. The van der Waals surface area contributed by atoms with Crippen molar-refractivity contribution in [3.63, 3.8) is 0 Å². The normalized spacial score (nSPS) is 30.3. The Morgan fingerprint density at radius 2 is 2.21 bits per heavy atom. The maximum atomic E-state index is 11.9. The fourth-order valence-electron chi connectivity index (χ4n) is 3.62. The number of aliphatic imine (C=N–C) groups is 1. The lowest BCUT2D eigenvalue weighted by molar-refractivity contribution is -0.127. The van der Waals surface area contributed by atoms with Gasteiger partial charge in [0.15, 0.2) is 5.96 Å². The van der Waals surface area contributed by atoms with E-state index in [-0.39, 0.29) is 17.9 Å². The number of carbonyl (C=O) groups excluding carboxylic acids is 1. The van der Waals surface area contributed by atoms with Gasteiger partial charge in [0, 0.05) is 58.3 Å². The molecule has 7 nitrogen and oxygen atoms in total. The molecule has 3 saturated heterocycles. The molecule has 2 unspecified atom stereocenters. The minimum absolute atomic E-state index is 0.0246. The van der Waals surface area contributed by atoms with Crippen molar-refractivity contribution in [3.8, 4) is 0 Å². The van der Waals surface area contributed by atoms with E-state index >= 15 is 0 Å². The summed E-state index contributed by atoms with van der Waals surface area (Å²) in [6, 6.07) is 0. The van der Waals surface area contributed by atoms with Crippen LogP contribution in [0.1, 0.15) is 19.3 Å². The van der Waals surface area contributed by atoms with Crippen LogP contribution in [0.15, 0.2) is 4.99 Å². The highest BCUT2D eigenvalue weighted by atomic mass is 16.5. The van der Waals surface area contributed by atoms with Gasteiger partial charge in [-0.05, 0) is 19.3 Å². The third-order valence-electron chi connectivity index (χ3n) is 5.36. The third-order valence-corrected chi connectivity index (χ3v) is 5.36. The first-order valence-electron chi connectivity index (χ1n) is 8.97. The number of hydrogen-bond donors (Lipinski definition) is 1. The first kappa shape index (κ1) is 17.5. The van der Waals surface area contributed by atoms with Gasteiger partial charge in [0.05, 0.1) is 13.2 Å². The molecule has 0 aliphatic carbocycles. The Kier molecular flexibility index (Phi) is 5.61. The zero-order valence-electron chi connectivity index (χ0n) is 14.9. The molecular weight excluding hydrogens is 308 g/mol. The highest BCUT2D eigenvalue weighted by molar-refractivity contribution is 5.85. The van der Waals surface area contributed by atoms with Crippen LogP contribution in [-0.4, -0.2) is 88.4 Å². The number of likely N-dealkylation sites (N-methyl/N-ethyl adjacent to an activating group) is 1. The van der Waals surface area contributed by atoms with Gasteiger partial charge >= 0.3 is 0 Å². The third kappa shape index (κ3) is 4.19. The molecule has 3 heterocycles. The molecule has 0 bridgehead atoms. The molecule has 3 fully saturated rings. The van der Waals surface area contributed by atoms with Crippen LogP contribution < -0.4 is 5.32 Å². The number of likely N-dealkylation sites (tertiary alicyclic amines) is 1. The Morgan fingerprint density at radius 1 is 1.33 bits per heavy atom. The van der Waals surface area contributed by atoms with Crippen LogP contribution in [0.4, 0.5) is 0 Å². The molecule has 0 radical (unpaired) electrons. The maximum absolute atomic E-state index is 11.9. The summed E-state index contributed by atoms with van der Waals surface area (Å²) in [5.74, 6) is 1.42. The molecule has 3 aliphatic heterocycles. The molecule has 1 amide bonds. The molecule has 0 aromatic rings. The Balaban J connectivity index is 1.62. The van der Waals surface area contributed by atoms with Gasteiger partial charge < -0.3 is 24.6 Å². The Hall–Kier alpha value is -1.34. The summed E-state index contributed by atoms with van der Waals surface area (Å²) < 4.78 is 11.1. The summed E-state index contributed by atoms with van der Waals surface area (Å²) in [4.78, 5) is 20.4. The van der Waals surface area contributed by atoms with Gasteiger partial charge in [0.2, 0.25) is 5.91 Å². The number of hydrogen-bond acceptors (Lipinski definition) is 4. The maximum Gasteiger partial charge on any atom is 0.243 e. The van der Waals surface area contributed by atoms with Crippen molar-refractivity contribution in [2.45, 2.75) is 19.3 Å². The standard InChI is InChI=1S/C17H30N4O3/c1-20(2)15(22)10-19-16(18-9-14-3-7-23-11-14)21-6-4-17(12-21)5-8-24-13-17/h14H,3-13H2,1-2H3,(H,18,19). The lowest BCUT2D eigenvalue weighted by Crippen LogP contribution is -2.44. The van der Waals surface area contributed by atoms with E-state index in [0.29, 0.717) is 5.92 Å². The topological polar surface area (TPSA) is 66.4 Å². The summed E-state index contributed by atoms with van der Waals surface area (Å²) in [5.41, 5.74) is 0.282. The number of amides is 1. The molecule has 3 aliphatic rings. The molecule has 3 rings (SSSR count). The molecule has 24 heavy (non-hydrogen) atoms. The smallest absolute Gasteiger partial charge is 0.243 e. The van der Waals surface area contributed by atoms with E-state index in [9.17, 15) is 4.79 Å².